The molecule has 0 aliphatic heterocycles. The van der Waals surface area contributed by atoms with Gasteiger partial charge in [0, 0.05) is 4.88 Å². The molecular formula is C16H17N3O2S. The molecule has 0 saturated heterocycles. The molecule has 3 rings (SSSR count). The van der Waals surface area contributed by atoms with Crippen molar-refractivity contribution in [3.8, 4) is 10.4 Å². The number of rotatable bonds is 2. The first-order chi connectivity index (χ1) is 10.4. The topological polar surface area (TPSA) is 98.2 Å². The average molecular weight is 315 g/mol. The van der Waals surface area contributed by atoms with Crippen molar-refractivity contribution in [2.45, 2.75) is 26.7 Å². The molecule has 114 valence electrons. The summed E-state index contributed by atoms with van der Waals surface area (Å²) in [5.41, 5.74) is 16.9. The minimum absolute atomic E-state index is 0.392. The first-order valence-electron chi connectivity index (χ1n) is 7.01. The van der Waals surface area contributed by atoms with E-state index >= 15 is 0 Å². The summed E-state index contributed by atoms with van der Waals surface area (Å²) in [5.74, 6) is -0.533. The van der Waals surface area contributed by atoms with Crippen molar-refractivity contribution in [3.63, 3.8) is 0 Å². The number of anilines is 1. The van der Waals surface area contributed by atoms with Gasteiger partial charge in [0.15, 0.2) is 0 Å². The number of nitrogens with one attached hydrogen (secondary N) is 1. The fourth-order valence-corrected chi connectivity index (χ4v) is 4.46. The monoisotopic (exact) mass is 315 g/mol. The van der Waals surface area contributed by atoms with Crippen LogP contribution in [0.1, 0.15) is 32.6 Å². The first kappa shape index (κ1) is 14.6. The van der Waals surface area contributed by atoms with Crippen LogP contribution in [-0.4, -0.2) is 11.9 Å². The molecule has 0 spiro atoms. The molecule has 1 heterocycles. The molecule has 1 aliphatic rings. The fourth-order valence-electron chi connectivity index (χ4n) is 3.16. The van der Waals surface area contributed by atoms with Gasteiger partial charge in [0.05, 0.1) is 5.56 Å². The Labute approximate surface area is 132 Å². The lowest BCUT2D eigenvalue weighted by atomic mass is 9.86. The number of benzene rings is 1. The number of aryl methyl sites for hydroxylation is 2. The Kier molecular flexibility index (Phi) is 3.41. The van der Waals surface area contributed by atoms with E-state index in [2.05, 4.69) is 24.4 Å². The number of carbonyl (C=O) groups is 2. The van der Waals surface area contributed by atoms with E-state index in [0.717, 1.165) is 28.8 Å². The third-order valence-electron chi connectivity index (χ3n) is 3.98. The van der Waals surface area contributed by atoms with Gasteiger partial charge in [-0.2, -0.15) is 0 Å². The van der Waals surface area contributed by atoms with Crippen molar-refractivity contribution in [1.82, 2.24) is 0 Å². The lowest BCUT2D eigenvalue weighted by molar-refractivity contribution is 0.100. The Morgan fingerprint density at radius 2 is 1.82 bits per heavy atom. The zero-order valence-corrected chi connectivity index (χ0v) is 13.3. The molecule has 1 aromatic carbocycles. The highest BCUT2D eigenvalue weighted by molar-refractivity contribution is 7.20. The van der Waals surface area contributed by atoms with Crippen LogP contribution in [0.4, 0.5) is 9.80 Å². The molecule has 3 amide bonds. The summed E-state index contributed by atoms with van der Waals surface area (Å²) in [5, 5.41) is 2.97. The molecule has 22 heavy (non-hydrogen) atoms. The van der Waals surface area contributed by atoms with E-state index in [0.29, 0.717) is 10.6 Å². The van der Waals surface area contributed by atoms with Crippen LogP contribution >= 0.6 is 11.3 Å². The van der Waals surface area contributed by atoms with Crippen LogP contribution in [0.15, 0.2) is 12.1 Å². The number of hydrogen-bond donors (Lipinski definition) is 3. The Balaban J connectivity index is 2.26. The van der Waals surface area contributed by atoms with Gasteiger partial charge in [-0.05, 0) is 48.9 Å². The summed E-state index contributed by atoms with van der Waals surface area (Å²) in [6.07, 6.45) is 1.60. The van der Waals surface area contributed by atoms with Gasteiger partial charge < -0.3 is 11.5 Å². The van der Waals surface area contributed by atoms with E-state index in [9.17, 15) is 9.59 Å². The quantitative estimate of drug-likeness (QED) is 0.794. The number of nitrogens with two attached hydrogens (primary N) is 2. The first-order valence-corrected chi connectivity index (χ1v) is 7.82. The predicted octanol–water partition coefficient (Wildman–Crippen LogP) is 2.72. The number of hydrogen-bond acceptors (Lipinski definition) is 3. The number of amides is 3. The minimum Gasteiger partial charge on any atom is -0.365 e. The van der Waals surface area contributed by atoms with Crippen LogP contribution in [-0.2, 0) is 12.8 Å². The second-order valence-electron chi connectivity index (χ2n) is 5.58. The largest absolute Gasteiger partial charge is 0.365 e. The second kappa shape index (κ2) is 5.14. The second-order valence-corrected chi connectivity index (χ2v) is 6.60. The van der Waals surface area contributed by atoms with Crippen molar-refractivity contribution in [3.05, 3.63) is 39.9 Å². The molecule has 0 unspecified atom stereocenters. The normalized spacial score (nSPS) is 12.5. The molecule has 0 bridgehead atoms. The maximum absolute atomic E-state index is 11.8. The molecule has 0 saturated carbocycles. The van der Waals surface area contributed by atoms with Crippen LogP contribution in [0.3, 0.4) is 0 Å². The van der Waals surface area contributed by atoms with E-state index < -0.39 is 11.9 Å². The summed E-state index contributed by atoms with van der Waals surface area (Å²) < 4.78 is 0. The average Bonchev–Trinajstić information content (AvgIpc) is 2.75. The Bertz CT molecular complexity index is 808. The molecule has 0 radical (unpaired) electrons. The third kappa shape index (κ3) is 2.25. The molecular weight excluding hydrogens is 298 g/mol. The minimum atomic E-state index is -0.693. The molecule has 5 nitrogen and oxygen atoms in total. The lowest BCUT2D eigenvalue weighted by Gasteiger charge is -2.20. The molecule has 0 atom stereocenters. The number of thiophene rings is 1. The zero-order valence-electron chi connectivity index (χ0n) is 12.4. The van der Waals surface area contributed by atoms with Crippen molar-refractivity contribution < 1.29 is 9.59 Å². The number of primary amides is 2. The van der Waals surface area contributed by atoms with Crippen LogP contribution in [0.2, 0.25) is 0 Å². The lowest BCUT2D eigenvalue weighted by Crippen LogP contribution is -2.22. The standard InChI is InChI=1S/C16H17N3O2S/c1-7-5-8(2)9-3-4-10-12(14(17)20)15(19-16(18)21)22-13(10)11(9)6-7/h5-6H,3-4H2,1-2H3,(H2,17,20)(H3,18,19,21). The fraction of sp³-hybridized carbons (Fsp3) is 0.250. The van der Waals surface area contributed by atoms with Crippen molar-refractivity contribution in [2.24, 2.45) is 11.5 Å². The highest BCUT2D eigenvalue weighted by Gasteiger charge is 2.28. The van der Waals surface area contributed by atoms with E-state index in [-0.39, 0.29) is 0 Å². The number of urea groups is 1. The van der Waals surface area contributed by atoms with Crippen LogP contribution in [0.25, 0.3) is 10.4 Å². The van der Waals surface area contributed by atoms with Gasteiger partial charge in [-0.1, -0.05) is 17.7 Å². The number of carbonyl (C=O) groups excluding carboxylic acids is 2. The van der Waals surface area contributed by atoms with Crippen LogP contribution in [0.5, 0.6) is 0 Å². The highest BCUT2D eigenvalue weighted by atomic mass is 32.1. The van der Waals surface area contributed by atoms with Gasteiger partial charge in [0.1, 0.15) is 5.00 Å². The molecule has 5 N–H and O–H groups in total. The molecule has 2 aromatic rings. The zero-order chi connectivity index (χ0) is 16.0. The van der Waals surface area contributed by atoms with Gasteiger partial charge in [-0.3, -0.25) is 10.1 Å². The smallest absolute Gasteiger partial charge is 0.317 e. The van der Waals surface area contributed by atoms with Gasteiger partial charge in [0.25, 0.3) is 5.91 Å². The Morgan fingerprint density at radius 1 is 1.14 bits per heavy atom. The SMILES string of the molecule is Cc1cc(C)c2c(c1)-c1sc(NC(N)=O)c(C(N)=O)c1CC2. The van der Waals surface area contributed by atoms with Gasteiger partial charge in [-0.25, -0.2) is 4.79 Å². The molecule has 6 heteroatoms. The maximum Gasteiger partial charge on any atom is 0.317 e. The Hall–Kier alpha value is -2.34. The van der Waals surface area contributed by atoms with E-state index in [1.54, 1.807) is 0 Å². The predicted molar refractivity (Wildman–Crippen MR) is 88.4 cm³/mol. The Morgan fingerprint density at radius 3 is 2.45 bits per heavy atom. The number of fused-ring (bicyclic) bond motifs is 3. The summed E-state index contributed by atoms with van der Waals surface area (Å²) in [6, 6.07) is 3.59. The maximum atomic E-state index is 11.8. The summed E-state index contributed by atoms with van der Waals surface area (Å²) in [4.78, 5) is 24.0. The van der Waals surface area contributed by atoms with Crippen molar-refractivity contribution >= 4 is 28.3 Å². The van der Waals surface area contributed by atoms with E-state index in [1.165, 1.54) is 28.0 Å². The molecule has 0 fully saturated rings. The van der Waals surface area contributed by atoms with Gasteiger partial charge in [-0.15, -0.1) is 11.3 Å². The molecule has 1 aliphatic carbocycles. The van der Waals surface area contributed by atoms with E-state index in [1.807, 2.05) is 6.92 Å². The van der Waals surface area contributed by atoms with Crippen LogP contribution in [0, 0.1) is 13.8 Å². The summed E-state index contributed by atoms with van der Waals surface area (Å²) >= 11 is 1.37. The van der Waals surface area contributed by atoms with Crippen LogP contribution < -0.4 is 16.8 Å². The van der Waals surface area contributed by atoms with Gasteiger partial charge in [0.2, 0.25) is 0 Å². The molecule has 1 aromatic heterocycles. The summed E-state index contributed by atoms with van der Waals surface area (Å²) in [7, 11) is 0. The van der Waals surface area contributed by atoms with Crippen molar-refractivity contribution in [2.75, 3.05) is 5.32 Å². The highest BCUT2D eigenvalue weighted by Crippen LogP contribution is 2.45. The summed E-state index contributed by atoms with van der Waals surface area (Å²) in [6.45, 7) is 4.15. The van der Waals surface area contributed by atoms with Crippen molar-refractivity contribution in [1.29, 1.82) is 0 Å². The van der Waals surface area contributed by atoms with E-state index in [4.69, 9.17) is 11.5 Å². The van der Waals surface area contributed by atoms with Gasteiger partial charge >= 0.3 is 6.03 Å². The third-order valence-corrected chi connectivity index (χ3v) is 5.16.